The van der Waals surface area contributed by atoms with Crippen molar-refractivity contribution in [3.8, 4) is 23.0 Å². The van der Waals surface area contributed by atoms with Gasteiger partial charge in [0.15, 0.2) is 21.3 Å². The Morgan fingerprint density at radius 2 is 1.76 bits per heavy atom. The Morgan fingerprint density at radius 3 is 2.48 bits per heavy atom. The van der Waals surface area contributed by atoms with Gasteiger partial charge >= 0.3 is 6.01 Å². The zero-order valence-electron chi connectivity index (χ0n) is 15.4. The summed E-state index contributed by atoms with van der Waals surface area (Å²) in [4.78, 5) is 12.5. The Kier molecular flexibility index (Phi) is 4.93. The van der Waals surface area contributed by atoms with Crippen LogP contribution in [0.5, 0.6) is 11.5 Å². The Labute approximate surface area is 166 Å². The summed E-state index contributed by atoms with van der Waals surface area (Å²) in [5.74, 6) is 0.925. The van der Waals surface area contributed by atoms with Gasteiger partial charge in [-0.15, -0.1) is 5.10 Å². The summed E-state index contributed by atoms with van der Waals surface area (Å²) in [5.41, 5.74) is 0.885. The second kappa shape index (κ2) is 7.55. The number of ether oxygens (including phenoxy) is 2. The van der Waals surface area contributed by atoms with Crippen LogP contribution in [0.1, 0.15) is 17.3 Å². The van der Waals surface area contributed by atoms with Crippen LogP contribution in [-0.4, -0.2) is 43.5 Å². The number of fused-ring (bicyclic) bond motifs is 1. The number of amides is 1. The topological polar surface area (TPSA) is 121 Å². The van der Waals surface area contributed by atoms with Crippen molar-refractivity contribution >= 4 is 21.8 Å². The fourth-order valence-electron chi connectivity index (χ4n) is 2.72. The van der Waals surface area contributed by atoms with E-state index in [0.29, 0.717) is 30.3 Å². The van der Waals surface area contributed by atoms with Gasteiger partial charge in [0.2, 0.25) is 5.89 Å². The van der Waals surface area contributed by atoms with Crippen molar-refractivity contribution in [2.75, 3.05) is 24.3 Å². The summed E-state index contributed by atoms with van der Waals surface area (Å²) in [6.45, 7) is 2.51. The van der Waals surface area contributed by atoms with Gasteiger partial charge in [0, 0.05) is 11.1 Å². The van der Waals surface area contributed by atoms with Crippen molar-refractivity contribution < 1.29 is 27.1 Å². The molecular formula is C19H17N3O6S. The highest BCUT2D eigenvalue weighted by Gasteiger charge is 2.17. The van der Waals surface area contributed by atoms with E-state index < -0.39 is 15.7 Å². The van der Waals surface area contributed by atoms with Crippen LogP contribution in [0.4, 0.5) is 6.01 Å². The van der Waals surface area contributed by atoms with Crippen molar-refractivity contribution in [1.82, 2.24) is 10.2 Å². The van der Waals surface area contributed by atoms with E-state index in [1.54, 1.807) is 25.1 Å². The summed E-state index contributed by atoms with van der Waals surface area (Å²) in [6, 6.07) is 10.8. The average Bonchev–Trinajstić information content (AvgIpc) is 3.22. The maximum atomic E-state index is 12.4. The van der Waals surface area contributed by atoms with Crippen molar-refractivity contribution in [2.45, 2.75) is 11.8 Å². The molecule has 0 saturated heterocycles. The normalized spacial score (nSPS) is 13.1. The Hall–Kier alpha value is -3.40. The first-order valence-electron chi connectivity index (χ1n) is 8.84. The number of carbonyl (C=O) groups is 1. The van der Waals surface area contributed by atoms with E-state index in [0.717, 1.165) is 0 Å². The minimum absolute atomic E-state index is 0.0108. The lowest BCUT2D eigenvalue weighted by Gasteiger charge is -2.18. The standard InChI is InChI=1S/C19H17N3O6S/c1-2-29(24,25)14-6-3-12(4-7-14)17(23)20-19-22-21-18(28-19)13-5-8-15-16(11-13)27-10-9-26-15/h3-8,11H,2,9-10H2,1H3,(H,20,22,23). The van der Waals surface area contributed by atoms with E-state index in [1.807, 2.05) is 0 Å². The van der Waals surface area contributed by atoms with Gasteiger partial charge < -0.3 is 13.9 Å². The molecule has 0 aliphatic carbocycles. The maximum Gasteiger partial charge on any atom is 0.322 e. The molecule has 0 unspecified atom stereocenters. The highest BCUT2D eigenvalue weighted by molar-refractivity contribution is 7.91. The quantitative estimate of drug-likeness (QED) is 0.675. The summed E-state index contributed by atoms with van der Waals surface area (Å²) in [6.07, 6.45) is 0. The minimum atomic E-state index is -3.33. The Morgan fingerprint density at radius 1 is 1.03 bits per heavy atom. The van der Waals surface area contributed by atoms with E-state index in [9.17, 15) is 13.2 Å². The molecule has 150 valence electrons. The molecule has 9 nitrogen and oxygen atoms in total. The van der Waals surface area contributed by atoms with Gasteiger partial charge in [0.25, 0.3) is 5.91 Å². The molecule has 0 saturated carbocycles. The first-order chi connectivity index (χ1) is 14.0. The molecule has 1 aliphatic rings. The van der Waals surface area contributed by atoms with Crippen LogP contribution in [0.2, 0.25) is 0 Å². The van der Waals surface area contributed by atoms with Crippen molar-refractivity contribution in [2.24, 2.45) is 0 Å². The molecule has 0 atom stereocenters. The van der Waals surface area contributed by atoms with E-state index in [2.05, 4.69) is 15.5 Å². The monoisotopic (exact) mass is 415 g/mol. The summed E-state index contributed by atoms with van der Waals surface area (Å²) in [5, 5.41) is 10.3. The molecule has 10 heteroatoms. The summed E-state index contributed by atoms with van der Waals surface area (Å²) < 4.78 is 40.2. The van der Waals surface area contributed by atoms with Crippen LogP contribution in [-0.2, 0) is 9.84 Å². The van der Waals surface area contributed by atoms with Crippen LogP contribution in [0.25, 0.3) is 11.5 Å². The Bertz CT molecular complexity index is 1150. The molecule has 1 aromatic heterocycles. The zero-order valence-corrected chi connectivity index (χ0v) is 16.2. The Balaban J connectivity index is 1.48. The molecule has 29 heavy (non-hydrogen) atoms. The number of carbonyl (C=O) groups excluding carboxylic acids is 1. The second-order valence-corrected chi connectivity index (χ2v) is 8.43. The van der Waals surface area contributed by atoms with Gasteiger partial charge in [-0.1, -0.05) is 12.0 Å². The maximum absolute atomic E-state index is 12.4. The largest absolute Gasteiger partial charge is 0.486 e. The second-order valence-electron chi connectivity index (χ2n) is 6.15. The number of hydrogen-bond acceptors (Lipinski definition) is 8. The van der Waals surface area contributed by atoms with Crippen LogP contribution >= 0.6 is 0 Å². The molecule has 3 aromatic rings. The van der Waals surface area contributed by atoms with Crippen LogP contribution in [0.3, 0.4) is 0 Å². The fourth-order valence-corrected chi connectivity index (χ4v) is 3.60. The number of sulfone groups is 1. The molecular weight excluding hydrogens is 398 g/mol. The lowest BCUT2D eigenvalue weighted by Crippen LogP contribution is -2.15. The van der Waals surface area contributed by atoms with Gasteiger partial charge in [-0.25, -0.2) is 8.42 Å². The van der Waals surface area contributed by atoms with Crippen LogP contribution < -0.4 is 14.8 Å². The lowest BCUT2D eigenvalue weighted by atomic mass is 10.2. The van der Waals surface area contributed by atoms with Crippen LogP contribution in [0, 0.1) is 0 Å². The smallest absolute Gasteiger partial charge is 0.322 e. The average molecular weight is 415 g/mol. The molecule has 1 amide bonds. The number of aromatic nitrogens is 2. The molecule has 2 aromatic carbocycles. The summed E-state index contributed by atoms with van der Waals surface area (Å²) in [7, 11) is -3.33. The summed E-state index contributed by atoms with van der Waals surface area (Å²) >= 11 is 0. The van der Waals surface area contributed by atoms with Crippen LogP contribution in [0.15, 0.2) is 51.8 Å². The predicted molar refractivity (Wildman–Crippen MR) is 103 cm³/mol. The van der Waals surface area contributed by atoms with E-state index in [-0.39, 0.29) is 28.1 Å². The van der Waals surface area contributed by atoms with Gasteiger partial charge in [-0.3, -0.25) is 10.1 Å². The van der Waals surface area contributed by atoms with Crippen molar-refractivity contribution in [3.63, 3.8) is 0 Å². The molecule has 0 bridgehead atoms. The van der Waals surface area contributed by atoms with Crippen molar-refractivity contribution in [1.29, 1.82) is 0 Å². The minimum Gasteiger partial charge on any atom is -0.486 e. The lowest BCUT2D eigenvalue weighted by molar-refractivity contribution is 0.102. The van der Waals surface area contributed by atoms with Gasteiger partial charge in [-0.2, -0.15) is 0 Å². The molecule has 1 N–H and O–H groups in total. The van der Waals surface area contributed by atoms with E-state index >= 15 is 0 Å². The third kappa shape index (κ3) is 3.92. The zero-order chi connectivity index (χ0) is 20.4. The third-order valence-electron chi connectivity index (χ3n) is 4.29. The number of anilines is 1. The van der Waals surface area contributed by atoms with Gasteiger partial charge in [-0.05, 0) is 42.5 Å². The van der Waals surface area contributed by atoms with Gasteiger partial charge in [0.1, 0.15) is 13.2 Å². The third-order valence-corrected chi connectivity index (χ3v) is 6.04. The molecule has 1 aliphatic heterocycles. The first kappa shape index (κ1) is 18.9. The van der Waals surface area contributed by atoms with Gasteiger partial charge in [0.05, 0.1) is 10.6 Å². The highest BCUT2D eigenvalue weighted by Crippen LogP contribution is 2.34. The SMILES string of the molecule is CCS(=O)(=O)c1ccc(C(=O)Nc2nnc(-c3ccc4c(c3)OCCO4)o2)cc1. The number of nitrogens with one attached hydrogen (secondary N) is 1. The van der Waals surface area contributed by atoms with E-state index in [4.69, 9.17) is 13.9 Å². The number of benzene rings is 2. The number of nitrogens with zero attached hydrogens (tertiary/aromatic N) is 2. The fraction of sp³-hybridized carbons (Fsp3) is 0.211. The number of hydrogen-bond donors (Lipinski definition) is 1. The first-order valence-corrected chi connectivity index (χ1v) is 10.5. The molecule has 0 fully saturated rings. The highest BCUT2D eigenvalue weighted by atomic mass is 32.2. The molecule has 4 rings (SSSR count). The number of rotatable bonds is 5. The molecule has 0 radical (unpaired) electrons. The van der Waals surface area contributed by atoms with E-state index in [1.165, 1.54) is 24.3 Å². The molecule has 2 heterocycles. The predicted octanol–water partition coefficient (Wildman–Crippen LogP) is 2.55. The van der Waals surface area contributed by atoms with Crippen molar-refractivity contribution in [3.05, 3.63) is 48.0 Å². The molecule has 0 spiro atoms.